The summed E-state index contributed by atoms with van der Waals surface area (Å²) in [4.78, 5) is 11.6. The summed E-state index contributed by atoms with van der Waals surface area (Å²) >= 11 is 0. The van der Waals surface area contributed by atoms with Crippen LogP contribution in [0.25, 0.3) is 0 Å². The molecular formula is C18H42N9P3. The molecule has 0 aliphatic carbocycles. The minimum atomic E-state index is -2.66. The molecule has 0 spiro atoms. The summed E-state index contributed by atoms with van der Waals surface area (Å²) in [6, 6.07) is 0. The molecular weight excluding hydrogens is 435 g/mol. The van der Waals surface area contributed by atoms with E-state index >= 15 is 0 Å². The molecule has 0 amide bonds. The van der Waals surface area contributed by atoms with Gasteiger partial charge in [-0.15, -0.1) is 0 Å². The summed E-state index contributed by atoms with van der Waals surface area (Å²) in [7, 11) is -7.99. The topological polar surface area (TPSA) is 108 Å². The molecule has 1 heterocycles. The van der Waals surface area contributed by atoms with Crippen LogP contribution in [0.4, 0.5) is 0 Å². The molecule has 0 atom stereocenters. The third kappa shape index (κ3) is 8.48. The SMILES string of the molecule is C=CCN[PH]1(NCC=C)N[PH](NCC=C)(NCC=C)N[PH](NCC=C)(NCC=C)N1. The van der Waals surface area contributed by atoms with E-state index in [4.69, 9.17) is 0 Å². The van der Waals surface area contributed by atoms with Crippen molar-refractivity contribution in [2.75, 3.05) is 39.3 Å². The Morgan fingerprint density at radius 1 is 0.400 bits per heavy atom. The Bertz CT molecular complexity index is 471. The summed E-state index contributed by atoms with van der Waals surface area (Å²) in [5.41, 5.74) is 0. The van der Waals surface area contributed by atoms with Gasteiger partial charge in [0.05, 0.1) is 0 Å². The Morgan fingerprint density at radius 3 is 0.700 bits per heavy atom. The van der Waals surface area contributed by atoms with E-state index in [0.717, 1.165) is 0 Å². The van der Waals surface area contributed by atoms with Crippen LogP contribution in [0, 0.1) is 0 Å². The van der Waals surface area contributed by atoms with Gasteiger partial charge in [-0.1, -0.05) is 0 Å². The van der Waals surface area contributed by atoms with Crippen molar-refractivity contribution in [1.82, 2.24) is 45.1 Å². The number of nitrogens with one attached hydrogen (secondary N) is 9. The molecule has 0 unspecified atom stereocenters. The average Bonchev–Trinajstić information content (AvgIpc) is 2.76. The zero-order valence-corrected chi connectivity index (χ0v) is 20.9. The van der Waals surface area contributed by atoms with Crippen LogP contribution in [0.5, 0.6) is 0 Å². The van der Waals surface area contributed by atoms with Crippen molar-refractivity contribution < 1.29 is 0 Å². The molecule has 0 aromatic carbocycles. The molecule has 9 N–H and O–H groups in total. The number of rotatable bonds is 18. The molecule has 1 fully saturated rings. The summed E-state index contributed by atoms with van der Waals surface area (Å²) in [5.74, 6) is 0. The molecule has 1 saturated heterocycles. The van der Waals surface area contributed by atoms with Crippen molar-refractivity contribution in [3.05, 3.63) is 75.9 Å². The molecule has 0 radical (unpaired) electrons. The van der Waals surface area contributed by atoms with Crippen LogP contribution < -0.4 is 45.1 Å². The van der Waals surface area contributed by atoms with Gasteiger partial charge < -0.3 is 0 Å². The van der Waals surface area contributed by atoms with Gasteiger partial charge in [0.2, 0.25) is 0 Å². The fourth-order valence-corrected chi connectivity index (χ4v) is 19.5. The normalized spacial score (nSPS) is 22.0. The maximum absolute atomic E-state index is 3.88. The van der Waals surface area contributed by atoms with E-state index in [0.29, 0.717) is 39.3 Å². The fourth-order valence-electron chi connectivity index (χ4n) is 3.01. The first-order valence-corrected chi connectivity index (χ1v) is 16.0. The average molecular weight is 478 g/mol. The van der Waals surface area contributed by atoms with E-state index in [9.17, 15) is 0 Å². The Labute approximate surface area is 184 Å². The van der Waals surface area contributed by atoms with Gasteiger partial charge in [0, 0.05) is 0 Å². The predicted molar refractivity (Wildman–Crippen MR) is 144 cm³/mol. The van der Waals surface area contributed by atoms with E-state index in [-0.39, 0.29) is 0 Å². The summed E-state index contributed by atoms with van der Waals surface area (Å²) < 4.78 is 0. The van der Waals surface area contributed by atoms with Crippen LogP contribution in [-0.2, 0) is 0 Å². The summed E-state index contributed by atoms with van der Waals surface area (Å²) in [6.45, 7) is 27.1. The molecule has 1 rings (SSSR count). The predicted octanol–water partition coefficient (Wildman–Crippen LogP) is 1.65. The van der Waals surface area contributed by atoms with Crippen LogP contribution >= 0.6 is 23.6 Å². The molecule has 30 heavy (non-hydrogen) atoms. The zero-order chi connectivity index (χ0) is 22.3. The second-order valence-corrected chi connectivity index (χ2v) is 16.3. The van der Waals surface area contributed by atoms with Gasteiger partial charge in [0.25, 0.3) is 0 Å². The number of hydrogen-bond donors (Lipinski definition) is 9. The van der Waals surface area contributed by atoms with Crippen molar-refractivity contribution >= 4 is 23.6 Å². The molecule has 0 saturated carbocycles. The van der Waals surface area contributed by atoms with E-state index in [1.807, 2.05) is 36.5 Å². The molecule has 0 aromatic heterocycles. The molecule has 0 bridgehead atoms. The molecule has 12 heteroatoms. The van der Waals surface area contributed by atoms with Crippen molar-refractivity contribution in [2.24, 2.45) is 0 Å². The monoisotopic (exact) mass is 477 g/mol. The summed E-state index contributed by atoms with van der Waals surface area (Å²) in [6.07, 6.45) is 11.1. The standard InChI is InChI=1S/C18H42N9P3/c1-7-13-19-28(20-14-8-2)25-29(21-15-9-3,22-16-10-4)27-30(26-28,23-17-11-5)24-18-12-6/h7-12,19-30H,1-6,13-18H2. The van der Waals surface area contributed by atoms with Gasteiger partial charge >= 0.3 is 184 Å². The van der Waals surface area contributed by atoms with Crippen molar-refractivity contribution in [1.29, 1.82) is 0 Å². The minimum absolute atomic E-state index is 0.636. The first-order chi connectivity index (χ1) is 14.5. The van der Waals surface area contributed by atoms with E-state index < -0.39 is 23.6 Å². The van der Waals surface area contributed by atoms with Gasteiger partial charge in [-0.3, -0.25) is 0 Å². The zero-order valence-electron chi connectivity index (χ0n) is 17.9. The van der Waals surface area contributed by atoms with Crippen molar-refractivity contribution in [2.45, 2.75) is 0 Å². The Morgan fingerprint density at radius 2 is 0.567 bits per heavy atom. The molecule has 0 aromatic rings. The number of hydrogen-bond acceptors (Lipinski definition) is 9. The van der Waals surface area contributed by atoms with Crippen LogP contribution in [0.15, 0.2) is 75.9 Å². The van der Waals surface area contributed by atoms with E-state index in [2.05, 4.69) is 84.6 Å². The first kappa shape index (κ1) is 27.4. The van der Waals surface area contributed by atoms with Crippen LogP contribution in [0.3, 0.4) is 0 Å². The Hall–Kier alpha value is -0.630. The third-order valence-corrected chi connectivity index (χ3v) is 17.6. The van der Waals surface area contributed by atoms with Gasteiger partial charge in [-0.05, 0) is 0 Å². The van der Waals surface area contributed by atoms with Crippen molar-refractivity contribution in [3.63, 3.8) is 0 Å². The van der Waals surface area contributed by atoms with Gasteiger partial charge in [-0.25, -0.2) is 0 Å². The van der Waals surface area contributed by atoms with Crippen LogP contribution in [0.1, 0.15) is 0 Å². The van der Waals surface area contributed by atoms with Gasteiger partial charge in [0.1, 0.15) is 0 Å². The molecule has 1 aliphatic rings. The fraction of sp³-hybridized carbons (Fsp3) is 0.333. The van der Waals surface area contributed by atoms with Crippen LogP contribution in [-0.4, -0.2) is 39.3 Å². The van der Waals surface area contributed by atoms with Gasteiger partial charge in [0.15, 0.2) is 0 Å². The van der Waals surface area contributed by atoms with Crippen LogP contribution in [0.2, 0.25) is 0 Å². The first-order valence-electron chi connectivity index (χ1n) is 10.0. The summed E-state index contributed by atoms with van der Waals surface area (Å²) in [5, 5.41) is 21.8. The molecule has 174 valence electrons. The Kier molecular flexibility index (Phi) is 13.2. The van der Waals surface area contributed by atoms with Gasteiger partial charge in [-0.2, -0.15) is 0 Å². The Balaban J connectivity index is 3.48. The second kappa shape index (κ2) is 14.4. The molecule has 1 aliphatic heterocycles. The van der Waals surface area contributed by atoms with E-state index in [1.165, 1.54) is 0 Å². The maximum atomic E-state index is 3.88. The third-order valence-electron chi connectivity index (χ3n) is 4.19. The second-order valence-electron chi connectivity index (χ2n) is 6.64. The van der Waals surface area contributed by atoms with E-state index in [1.54, 1.807) is 0 Å². The van der Waals surface area contributed by atoms with Crippen molar-refractivity contribution in [3.8, 4) is 0 Å². The quantitative estimate of drug-likeness (QED) is 0.108. The molecule has 9 nitrogen and oxygen atoms in total.